The zero-order chi connectivity index (χ0) is 25.6. The van der Waals surface area contributed by atoms with Gasteiger partial charge < -0.3 is 18.9 Å². The summed E-state index contributed by atoms with van der Waals surface area (Å²) in [5.41, 5.74) is -1.58. The van der Waals surface area contributed by atoms with Gasteiger partial charge in [0.25, 0.3) is 0 Å². The Labute approximate surface area is 202 Å². The summed E-state index contributed by atoms with van der Waals surface area (Å²) in [5, 5.41) is 0. The number of esters is 2. The lowest BCUT2D eigenvalue weighted by molar-refractivity contribution is -0.146. The number of halogens is 1. The van der Waals surface area contributed by atoms with E-state index in [0.29, 0.717) is 4.90 Å². The molecule has 0 aliphatic heterocycles. The van der Waals surface area contributed by atoms with Gasteiger partial charge in [0.05, 0.1) is 11.3 Å². The molecule has 0 saturated carbocycles. The van der Waals surface area contributed by atoms with Gasteiger partial charge in [-0.05, 0) is 73.6 Å². The maximum absolute atomic E-state index is 12.8. The number of ether oxygens (including phenoxy) is 4. The average molecular weight is 530 g/mol. The van der Waals surface area contributed by atoms with Crippen LogP contribution in [-0.2, 0) is 23.7 Å². The van der Waals surface area contributed by atoms with Gasteiger partial charge in [-0.2, -0.15) is 4.90 Å². The summed E-state index contributed by atoms with van der Waals surface area (Å²) in [6.07, 6.45) is -1.90. The van der Waals surface area contributed by atoms with E-state index in [4.69, 9.17) is 18.9 Å². The van der Waals surface area contributed by atoms with Crippen molar-refractivity contribution in [3.05, 3.63) is 29.8 Å². The molecule has 0 N–H and O–H groups in total. The molecule has 10 heteroatoms. The van der Waals surface area contributed by atoms with Gasteiger partial charge in [0, 0.05) is 0 Å². The summed E-state index contributed by atoms with van der Waals surface area (Å²) in [6.45, 7) is 12.9. The van der Waals surface area contributed by atoms with Gasteiger partial charge in [0.1, 0.15) is 28.7 Å². The lowest BCUT2D eigenvalue weighted by Gasteiger charge is -2.28. The van der Waals surface area contributed by atoms with E-state index < -0.39 is 39.7 Å². The molecule has 1 aromatic rings. The number of hydrogen-bond acceptors (Lipinski definition) is 8. The van der Waals surface area contributed by atoms with Crippen LogP contribution in [0.25, 0.3) is 0 Å². The molecule has 0 unspecified atom stereocenters. The number of amides is 2. The number of rotatable bonds is 6. The molecule has 0 spiro atoms. The summed E-state index contributed by atoms with van der Waals surface area (Å²) in [5.74, 6) is -1.22. The quantitative estimate of drug-likeness (QED) is 0.213. The Bertz CT molecular complexity index is 850. The van der Waals surface area contributed by atoms with E-state index in [1.165, 1.54) is 24.3 Å². The van der Waals surface area contributed by atoms with Crippen molar-refractivity contribution >= 4 is 45.7 Å². The van der Waals surface area contributed by atoms with Gasteiger partial charge in [-0.25, -0.2) is 14.4 Å². The minimum absolute atomic E-state index is 0.0698. The Hall–Kier alpha value is -2.62. The highest BCUT2D eigenvalue weighted by molar-refractivity contribution is 9.10. The van der Waals surface area contributed by atoms with E-state index >= 15 is 0 Å². The third-order valence-corrected chi connectivity index (χ3v) is 3.85. The second-order valence-corrected chi connectivity index (χ2v) is 11.6. The molecule has 0 heterocycles. The first-order valence-electron chi connectivity index (χ1n) is 10.3. The van der Waals surface area contributed by atoms with Gasteiger partial charge in [-0.1, -0.05) is 22.0 Å². The highest BCUT2D eigenvalue weighted by Gasteiger charge is 2.33. The fourth-order valence-corrected chi connectivity index (χ4v) is 2.31. The van der Waals surface area contributed by atoms with Crippen LogP contribution in [0.3, 0.4) is 0 Å². The molecule has 0 atom stereocenters. The first-order chi connectivity index (χ1) is 14.9. The van der Waals surface area contributed by atoms with Crippen molar-refractivity contribution < 1.29 is 38.1 Å². The Kier molecular flexibility index (Phi) is 9.47. The van der Waals surface area contributed by atoms with Crippen LogP contribution in [0.4, 0.5) is 15.3 Å². The highest BCUT2D eigenvalue weighted by atomic mass is 79.9. The summed E-state index contributed by atoms with van der Waals surface area (Å²) in [4.78, 5) is 50.4. The molecule has 0 aliphatic carbocycles. The Morgan fingerprint density at radius 1 is 0.818 bits per heavy atom. The fourth-order valence-electron chi connectivity index (χ4n) is 2.20. The van der Waals surface area contributed by atoms with Gasteiger partial charge in [0.15, 0.2) is 0 Å². The molecule has 0 aromatic heterocycles. The molecule has 33 heavy (non-hydrogen) atoms. The molecule has 1 rings (SSSR count). The molecule has 184 valence electrons. The van der Waals surface area contributed by atoms with Crippen molar-refractivity contribution in [3.8, 4) is 0 Å². The predicted molar refractivity (Wildman–Crippen MR) is 126 cm³/mol. The van der Waals surface area contributed by atoms with Crippen molar-refractivity contribution in [1.29, 1.82) is 0 Å². The predicted octanol–water partition coefficient (Wildman–Crippen LogP) is 5.24. The van der Waals surface area contributed by atoms with Gasteiger partial charge >= 0.3 is 24.1 Å². The van der Waals surface area contributed by atoms with Crippen LogP contribution < -0.4 is 4.90 Å². The minimum Gasteiger partial charge on any atom is -0.461 e. The topological polar surface area (TPSA) is 108 Å². The standard InChI is InChI=1S/C23H32BrNO8/c1-21(2,3)32-19(28)25(20(29)33-22(4,5)6)16-11-9-10-15(14-16)17(26)30-12-13-31-18(27)23(7,8)24/h9-11,14H,12-13H2,1-8H3. The van der Waals surface area contributed by atoms with E-state index in [1.807, 2.05) is 0 Å². The molecule has 0 aliphatic rings. The number of carbonyl (C=O) groups excluding carboxylic acids is 4. The van der Waals surface area contributed by atoms with E-state index in [-0.39, 0.29) is 24.5 Å². The number of imide groups is 1. The number of anilines is 1. The highest BCUT2D eigenvalue weighted by Crippen LogP contribution is 2.23. The van der Waals surface area contributed by atoms with Crippen LogP contribution in [0.5, 0.6) is 0 Å². The van der Waals surface area contributed by atoms with Gasteiger partial charge in [0.2, 0.25) is 0 Å². The smallest absolute Gasteiger partial charge is 0.424 e. The van der Waals surface area contributed by atoms with Crippen LogP contribution in [0, 0.1) is 0 Å². The summed E-state index contributed by atoms with van der Waals surface area (Å²) >= 11 is 3.18. The first-order valence-corrected chi connectivity index (χ1v) is 11.1. The monoisotopic (exact) mass is 529 g/mol. The lowest BCUT2D eigenvalue weighted by Crippen LogP contribution is -2.43. The normalized spacial score (nSPS) is 11.9. The molecule has 0 saturated heterocycles. The second kappa shape index (κ2) is 11.0. The van der Waals surface area contributed by atoms with Crippen molar-refractivity contribution in [2.24, 2.45) is 0 Å². The third kappa shape index (κ3) is 10.2. The summed E-state index contributed by atoms with van der Waals surface area (Å²) in [7, 11) is 0. The fraction of sp³-hybridized carbons (Fsp3) is 0.565. The van der Waals surface area contributed by atoms with E-state index in [0.717, 1.165) is 0 Å². The first kappa shape index (κ1) is 28.4. The molecular weight excluding hydrogens is 498 g/mol. The lowest BCUT2D eigenvalue weighted by atomic mass is 10.2. The molecule has 0 bridgehead atoms. The molecule has 9 nitrogen and oxygen atoms in total. The Morgan fingerprint density at radius 3 is 1.76 bits per heavy atom. The van der Waals surface area contributed by atoms with Crippen molar-refractivity contribution in [3.63, 3.8) is 0 Å². The van der Waals surface area contributed by atoms with E-state index in [2.05, 4.69) is 15.9 Å². The number of benzene rings is 1. The van der Waals surface area contributed by atoms with Crippen LogP contribution in [0.15, 0.2) is 24.3 Å². The molecule has 0 fully saturated rings. The maximum atomic E-state index is 12.8. The number of nitrogens with zero attached hydrogens (tertiary/aromatic N) is 1. The minimum atomic E-state index is -0.952. The summed E-state index contributed by atoms with van der Waals surface area (Å²) < 4.78 is 20.0. The van der Waals surface area contributed by atoms with Crippen LogP contribution in [0.1, 0.15) is 65.7 Å². The van der Waals surface area contributed by atoms with Gasteiger partial charge in [-0.15, -0.1) is 0 Å². The Morgan fingerprint density at radius 2 is 1.30 bits per heavy atom. The number of hydrogen-bond donors (Lipinski definition) is 0. The molecule has 2 amide bonds. The largest absolute Gasteiger partial charge is 0.461 e. The zero-order valence-corrected chi connectivity index (χ0v) is 21.9. The van der Waals surface area contributed by atoms with Crippen LogP contribution in [-0.4, -0.2) is 52.9 Å². The van der Waals surface area contributed by atoms with Crippen LogP contribution >= 0.6 is 15.9 Å². The maximum Gasteiger partial charge on any atom is 0.424 e. The third-order valence-electron chi connectivity index (χ3n) is 3.53. The van der Waals surface area contributed by atoms with E-state index in [9.17, 15) is 19.2 Å². The second-order valence-electron chi connectivity index (χ2n) is 9.59. The molecule has 1 aromatic carbocycles. The average Bonchev–Trinajstić information content (AvgIpc) is 2.61. The molecular formula is C23H32BrNO8. The summed E-state index contributed by atoms with van der Waals surface area (Å²) in [6, 6.07) is 5.72. The van der Waals surface area contributed by atoms with Crippen LogP contribution in [0.2, 0.25) is 0 Å². The van der Waals surface area contributed by atoms with E-state index in [1.54, 1.807) is 55.4 Å². The number of alkyl halides is 1. The van der Waals surface area contributed by atoms with Gasteiger partial charge in [-0.3, -0.25) is 4.79 Å². The zero-order valence-electron chi connectivity index (χ0n) is 20.3. The molecule has 0 radical (unpaired) electrons. The number of carbonyl (C=O) groups is 4. The SMILES string of the molecule is CC(C)(C)OC(=O)N(C(=O)OC(C)(C)C)c1cccc(C(=O)OCCOC(=O)C(C)(C)Br)c1. The van der Waals surface area contributed by atoms with Crippen molar-refractivity contribution in [2.45, 2.75) is 70.9 Å². The van der Waals surface area contributed by atoms with Crippen molar-refractivity contribution in [1.82, 2.24) is 0 Å². The van der Waals surface area contributed by atoms with Crippen molar-refractivity contribution in [2.75, 3.05) is 18.1 Å². The Balaban J connectivity index is 3.02.